The molecule has 1 rings (SSSR count). The van der Waals surface area contributed by atoms with E-state index in [1.807, 2.05) is 20.8 Å². The van der Waals surface area contributed by atoms with Crippen molar-refractivity contribution in [1.29, 1.82) is 0 Å². The van der Waals surface area contributed by atoms with Crippen molar-refractivity contribution in [3.63, 3.8) is 0 Å². The number of carbonyl (C=O) groups excluding carboxylic acids is 2. The molecule has 1 heterocycles. The zero-order chi connectivity index (χ0) is 18.9. The van der Waals surface area contributed by atoms with Gasteiger partial charge in [-0.3, -0.25) is 4.79 Å². The number of esters is 2. The highest BCUT2D eigenvalue weighted by atomic mass is 16.6. The molecule has 0 saturated carbocycles. The second-order valence-corrected chi connectivity index (χ2v) is 7.62. The average Bonchev–Trinajstić information content (AvgIpc) is 2.92. The standard InChI is InChI=1S/C20H35NO4/c1-6-8-9-11-16(15-19(23)25-20(3,4)5)21-13-10-12-17(21)14-18(22)24-7-2/h14,16H,6-13,15H2,1-5H3/b17-14+/t16-/m1/s1. The Labute approximate surface area is 152 Å². The van der Waals surface area contributed by atoms with Crippen LogP contribution in [0.1, 0.15) is 79.6 Å². The first-order valence-electron chi connectivity index (χ1n) is 9.62. The van der Waals surface area contributed by atoms with E-state index in [-0.39, 0.29) is 18.0 Å². The van der Waals surface area contributed by atoms with Crippen LogP contribution in [0.5, 0.6) is 0 Å². The van der Waals surface area contributed by atoms with Crippen LogP contribution in [-0.2, 0) is 19.1 Å². The van der Waals surface area contributed by atoms with E-state index in [9.17, 15) is 9.59 Å². The molecule has 0 bridgehead atoms. The Bertz CT molecular complexity index is 465. The molecule has 25 heavy (non-hydrogen) atoms. The van der Waals surface area contributed by atoms with Crippen molar-refractivity contribution in [3.8, 4) is 0 Å². The maximum atomic E-state index is 12.3. The lowest BCUT2D eigenvalue weighted by Crippen LogP contribution is -2.36. The molecule has 144 valence electrons. The fourth-order valence-electron chi connectivity index (χ4n) is 3.18. The Balaban J connectivity index is 2.82. The molecule has 1 saturated heterocycles. The van der Waals surface area contributed by atoms with Gasteiger partial charge < -0.3 is 14.4 Å². The molecule has 0 N–H and O–H groups in total. The maximum Gasteiger partial charge on any atom is 0.332 e. The van der Waals surface area contributed by atoms with E-state index in [0.717, 1.165) is 50.8 Å². The molecule has 0 aliphatic carbocycles. The monoisotopic (exact) mass is 353 g/mol. The van der Waals surface area contributed by atoms with Crippen molar-refractivity contribution < 1.29 is 19.1 Å². The van der Waals surface area contributed by atoms with Crippen molar-refractivity contribution in [2.75, 3.05) is 13.2 Å². The van der Waals surface area contributed by atoms with Crippen LogP contribution in [0, 0.1) is 0 Å². The molecule has 1 aliphatic rings. The Morgan fingerprint density at radius 3 is 2.56 bits per heavy atom. The number of hydrogen-bond donors (Lipinski definition) is 0. The summed E-state index contributed by atoms with van der Waals surface area (Å²) in [6.07, 6.45) is 8.13. The lowest BCUT2D eigenvalue weighted by Gasteiger charge is -2.31. The van der Waals surface area contributed by atoms with E-state index in [2.05, 4.69) is 11.8 Å². The highest BCUT2D eigenvalue weighted by molar-refractivity contribution is 5.82. The van der Waals surface area contributed by atoms with Gasteiger partial charge in [-0.05, 0) is 47.0 Å². The van der Waals surface area contributed by atoms with E-state index in [1.54, 1.807) is 13.0 Å². The van der Waals surface area contributed by atoms with Gasteiger partial charge in [-0.1, -0.05) is 26.2 Å². The second kappa shape index (κ2) is 10.5. The number of rotatable bonds is 9. The van der Waals surface area contributed by atoms with E-state index < -0.39 is 5.60 Å². The smallest absolute Gasteiger partial charge is 0.332 e. The van der Waals surface area contributed by atoms with Crippen LogP contribution in [0.2, 0.25) is 0 Å². The predicted molar refractivity (Wildman–Crippen MR) is 99.0 cm³/mol. The van der Waals surface area contributed by atoms with E-state index in [1.165, 1.54) is 0 Å². The highest BCUT2D eigenvalue weighted by Gasteiger charge is 2.29. The quantitative estimate of drug-likeness (QED) is 0.353. The van der Waals surface area contributed by atoms with Gasteiger partial charge in [0, 0.05) is 24.4 Å². The molecule has 0 aromatic rings. The first kappa shape index (κ1) is 21.5. The lowest BCUT2D eigenvalue weighted by molar-refractivity contribution is -0.156. The number of carbonyl (C=O) groups is 2. The molecule has 5 heteroatoms. The SMILES string of the molecule is CCCCC[C@H](CC(=O)OC(C)(C)C)N1CCC/C1=C\C(=O)OCC. The molecular formula is C20H35NO4. The number of allylic oxidation sites excluding steroid dienone is 1. The highest BCUT2D eigenvalue weighted by Crippen LogP contribution is 2.28. The third kappa shape index (κ3) is 8.41. The largest absolute Gasteiger partial charge is 0.463 e. The molecule has 0 amide bonds. The normalized spacial score (nSPS) is 17.6. The van der Waals surface area contributed by atoms with Gasteiger partial charge in [-0.25, -0.2) is 4.79 Å². The zero-order valence-corrected chi connectivity index (χ0v) is 16.6. The molecule has 0 radical (unpaired) electrons. The van der Waals surface area contributed by atoms with Crippen molar-refractivity contribution in [2.24, 2.45) is 0 Å². The zero-order valence-electron chi connectivity index (χ0n) is 16.6. The Morgan fingerprint density at radius 1 is 1.24 bits per heavy atom. The van der Waals surface area contributed by atoms with Crippen LogP contribution in [-0.4, -0.2) is 41.6 Å². The van der Waals surface area contributed by atoms with Crippen LogP contribution < -0.4 is 0 Å². The molecule has 5 nitrogen and oxygen atoms in total. The van der Waals surface area contributed by atoms with Crippen molar-refractivity contribution in [1.82, 2.24) is 4.90 Å². The van der Waals surface area contributed by atoms with E-state index in [4.69, 9.17) is 9.47 Å². The van der Waals surface area contributed by atoms with Crippen LogP contribution in [0.4, 0.5) is 0 Å². The average molecular weight is 354 g/mol. The third-order valence-corrected chi connectivity index (χ3v) is 4.18. The van der Waals surface area contributed by atoms with Crippen LogP contribution in [0.25, 0.3) is 0 Å². The summed E-state index contributed by atoms with van der Waals surface area (Å²) in [6, 6.07) is 0.0876. The van der Waals surface area contributed by atoms with E-state index in [0.29, 0.717) is 13.0 Å². The topological polar surface area (TPSA) is 55.8 Å². The molecule has 0 spiro atoms. The van der Waals surface area contributed by atoms with Crippen LogP contribution in [0.3, 0.4) is 0 Å². The summed E-state index contributed by atoms with van der Waals surface area (Å²) in [7, 11) is 0. The fourth-order valence-corrected chi connectivity index (χ4v) is 3.18. The lowest BCUT2D eigenvalue weighted by atomic mass is 10.0. The molecular weight excluding hydrogens is 318 g/mol. The van der Waals surface area contributed by atoms with E-state index >= 15 is 0 Å². The summed E-state index contributed by atoms with van der Waals surface area (Å²) < 4.78 is 10.6. The minimum Gasteiger partial charge on any atom is -0.463 e. The number of likely N-dealkylation sites (tertiary alicyclic amines) is 1. The Morgan fingerprint density at radius 2 is 1.96 bits per heavy atom. The summed E-state index contributed by atoms with van der Waals surface area (Å²) in [5.74, 6) is -0.467. The van der Waals surface area contributed by atoms with Gasteiger partial charge in [0.2, 0.25) is 0 Å². The van der Waals surface area contributed by atoms with Crippen molar-refractivity contribution in [2.45, 2.75) is 91.2 Å². The number of ether oxygens (including phenoxy) is 2. The first-order chi connectivity index (χ1) is 11.8. The summed E-state index contributed by atoms with van der Waals surface area (Å²) >= 11 is 0. The Hall–Kier alpha value is -1.52. The van der Waals surface area contributed by atoms with Gasteiger partial charge >= 0.3 is 11.9 Å². The molecule has 1 atom stereocenters. The van der Waals surface area contributed by atoms with Gasteiger partial charge in [-0.2, -0.15) is 0 Å². The number of hydrogen-bond acceptors (Lipinski definition) is 5. The van der Waals surface area contributed by atoms with Crippen molar-refractivity contribution in [3.05, 3.63) is 11.8 Å². The molecule has 1 fully saturated rings. The Kier molecular flexibility index (Phi) is 9.01. The maximum absolute atomic E-state index is 12.3. The summed E-state index contributed by atoms with van der Waals surface area (Å²) in [6.45, 7) is 10.9. The van der Waals surface area contributed by atoms with Gasteiger partial charge in [0.25, 0.3) is 0 Å². The predicted octanol–water partition coefficient (Wildman–Crippen LogP) is 4.21. The number of unbranched alkanes of at least 4 members (excludes halogenated alkanes) is 2. The minimum atomic E-state index is -0.473. The first-order valence-corrected chi connectivity index (χ1v) is 9.62. The summed E-state index contributed by atoms with van der Waals surface area (Å²) in [5.41, 5.74) is 0.517. The number of nitrogens with zero attached hydrogens (tertiary/aromatic N) is 1. The molecule has 1 aliphatic heterocycles. The summed E-state index contributed by atoms with van der Waals surface area (Å²) in [5, 5.41) is 0. The molecule has 0 unspecified atom stereocenters. The third-order valence-electron chi connectivity index (χ3n) is 4.18. The van der Waals surface area contributed by atoms with Gasteiger partial charge in [0.05, 0.1) is 13.0 Å². The minimum absolute atomic E-state index is 0.0876. The van der Waals surface area contributed by atoms with Gasteiger partial charge in [0.1, 0.15) is 5.60 Å². The van der Waals surface area contributed by atoms with Crippen molar-refractivity contribution >= 4 is 11.9 Å². The summed E-state index contributed by atoms with van der Waals surface area (Å²) in [4.78, 5) is 26.4. The fraction of sp³-hybridized carbons (Fsp3) is 0.800. The van der Waals surface area contributed by atoms with Gasteiger partial charge in [0.15, 0.2) is 0 Å². The second-order valence-electron chi connectivity index (χ2n) is 7.62. The van der Waals surface area contributed by atoms with Crippen LogP contribution >= 0.6 is 0 Å². The van der Waals surface area contributed by atoms with Gasteiger partial charge in [-0.15, -0.1) is 0 Å². The molecule has 0 aromatic heterocycles. The molecule has 0 aromatic carbocycles. The van der Waals surface area contributed by atoms with Crippen LogP contribution in [0.15, 0.2) is 11.8 Å².